The average Bonchev–Trinajstić information content (AvgIpc) is 2.92. The van der Waals surface area contributed by atoms with Crippen LogP contribution in [0, 0.1) is 27.7 Å². The SMILES string of the molecule is Cc1ccc2c3c(C)ccc(C)c3n(-c3ccccc3)c2c1C. The van der Waals surface area contributed by atoms with Gasteiger partial charge in [-0.05, 0) is 62.1 Å². The van der Waals surface area contributed by atoms with Crippen molar-refractivity contribution < 1.29 is 0 Å². The van der Waals surface area contributed by atoms with Crippen LogP contribution in [0.2, 0.25) is 0 Å². The normalized spacial score (nSPS) is 11.5. The van der Waals surface area contributed by atoms with Crippen LogP contribution in [0.5, 0.6) is 0 Å². The number of hydrogen-bond acceptors (Lipinski definition) is 0. The van der Waals surface area contributed by atoms with Crippen LogP contribution in [0.4, 0.5) is 0 Å². The van der Waals surface area contributed by atoms with Gasteiger partial charge in [0, 0.05) is 16.5 Å². The maximum Gasteiger partial charge on any atom is 0.0573 e. The van der Waals surface area contributed by atoms with E-state index in [0.717, 1.165) is 0 Å². The lowest BCUT2D eigenvalue weighted by molar-refractivity contribution is 1.15. The summed E-state index contributed by atoms with van der Waals surface area (Å²) in [5.41, 5.74) is 9.27. The molecule has 0 spiro atoms. The molecule has 0 radical (unpaired) electrons. The fourth-order valence-electron chi connectivity index (χ4n) is 3.66. The van der Waals surface area contributed by atoms with Gasteiger partial charge in [-0.3, -0.25) is 0 Å². The molecule has 4 rings (SSSR count). The number of para-hydroxylation sites is 1. The average molecular weight is 299 g/mol. The molecule has 0 atom stereocenters. The van der Waals surface area contributed by atoms with Crippen molar-refractivity contribution in [2.24, 2.45) is 0 Å². The van der Waals surface area contributed by atoms with Crippen LogP contribution < -0.4 is 0 Å². The van der Waals surface area contributed by atoms with E-state index in [9.17, 15) is 0 Å². The highest BCUT2D eigenvalue weighted by Crippen LogP contribution is 2.37. The topological polar surface area (TPSA) is 4.93 Å². The molecule has 114 valence electrons. The second-order valence-electron chi connectivity index (χ2n) is 6.50. The molecule has 1 nitrogen and oxygen atoms in total. The molecule has 1 heteroatoms. The Morgan fingerprint density at radius 3 is 2.00 bits per heavy atom. The van der Waals surface area contributed by atoms with E-state index in [0.29, 0.717) is 0 Å². The molecule has 0 bridgehead atoms. The number of rotatable bonds is 1. The van der Waals surface area contributed by atoms with Gasteiger partial charge in [-0.15, -0.1) is 0 Å². The van der Waals surface area contributed by atoms with Crippen molar-refractivity contribution in [3.63, 3.8) is 0 Å². The van der Waals surface area contributed by atoms with Crippen molar-refractivity contribution in [3.8, 4) is 5.69 Å². The van der Waals surface area contributed by atoms with Gasteiger partial charge in [0.15, 0.2) is 0 Å². The molecule has 0 aliphatic carbocycles. The molecule has 0 saturated carbocycles. The van der Waals surface area contributed by atoms with E-state index < -0.39 is 0 Å². The van der Waals surface area contributed by atoms with Crippen LogP contribution in [0.3, 0.4) is 0 Å². The minimum Gasteiger partial charge on any atom is -0.309 e. The van der Waals surface area contributed by atoms with Gasteiger partial charge < -0.3 is 4.57 Å². The molecule has 0 unspecified atom stereocenters. The first-order chi connectivity index (χ1) is 11.1. The van der Waals surface area contributed by atoms with Gasteiger partial charge in [0.25, 0.3) is 0 Å². The Balaban J connectivity index is 2.35. The van der Waals surface area contributed by atoms with Crippen LogP contribution in [-0.4, -0.2) is 4.57 Å². The monoisotopic (exact) mass is 299 g/mol. The molecule has 0 aliphatic rings. The molecular formula is C22H21N. The second-order valence-corrected chi connectivity index (χ2v) is 6.50. The van der Waals surface area contributed by atoms with Gasteiger partial charge in [-0.1, -0.05) is 42.5 Å². The Kier molecular flexibility index (Phi) is 3.05. The summed E-state index contributed by atoms with van der Waals surface area (Å²) < 4.78 is 2.44. The molecule has 0 fully saturated rings. The summed E-state index contributed by atoms with van der Waals surface area (Å²) in [5, 5.41) is 2.74. The highest BCUT2D eigenvalue weighted by atomic mass is 15.0. The summed E-state index contributed by atoms with van der Waals surface area (Å²) in [6.45, 7) is 8.86. The molecule has 4 aromatic rings. The van der Waals surface area contributed by atoms with Crippen molar-refractivity contribution in [1.29, 1.82) is 0 Å². The summed E-state index contributed by atoms with van der Waals surface area (Å²) >= 11 is 0. The predicted molar refractivity (Wildman–Crippen MR) is 99.7 cm³/mol. The zero-order valence-corrected chi connectivity index (χ0v) is 14.1. The second kappa shape index (κ2) is 4.99. The van der Waals surface area contributed by atoms with Crippen LogP contribution in [0.1, 0.15) is 22.3 Å². The van der Waals surface area contributed by atoms with E-state index in [1.807, 2.05) is 0 Å². The molecule has 3 aromatic carbocycles. The first-order valence-corrected chi connectivity index (χ1v) is 8.15. The Morgan fingerprint density at radius 2 is 1.26 bits per heavy atom. The molecule has 0 N–H and O–H groups in total. The summed E-state index contributed by atoms with van der Waals surface area (Å²) in [7, 11) is 0. The minimum atomic E-state index is 1.23. The van der Waals surface area contributed by atoms with E-state index >= 15 is 0 Å². The number of aromatic nitrogens is 1. The molecule has 0 amide bonds. The summed E-state index contributed by atoms with van der Waals surface area (Å²) in [6.07, 6.45) is 0. The van der Waals surface area contributed by atoms with Crippen molar-refractivity contribution in [2.75, 3.05) is 0 Å². The summed E-state index contributed by atoms with van der Waals surface area (Å²) in [5.74, 6) is 0. The van der Waals surface area contributed by atoms with Crippen molar-refractivity contribution in [1.82, 2.24) is 4.57 Å². The van der Waals surface area contributed by atoms with Crippen LogP contribution in [-0.2, 0) is 0 Å². The van der Waals surface area contributed by atoms with E-state index in [1.54, 1.807) is 0 Å². The fourth-order valence-corrected chi connectivity index (χ4v) is 3.66. The number of aryl methyl sites for hydroxylation is 4. The lowest BCUT2D eigenvalue weighted by atomic mass is 10.0. The van der Waals surface area contributed by atoms with E-state index in [1.165, 1.54) is 49.7 Å². The molecular weight excluding hydrogens is 278 g/mol. The Labute approximate surface area is 137 Å². The van der Waals surface area contributed by atoms with Crippen molar-refractivity contribution in [2.45, 2.75) is 27.7 Å². The third kappa shape index (κ3) is 1.93. The predicted octanol–water partition coefficient (Wildman–Crippen LogP) is 6.02. The largest absolute Gasteiger partial charge is 0.309 e. The lowest BCUT2D eigenvalue weighted by Gasteiger charge is -2.12. The van der Waals surface area contributed by atoms with E-state index in [-0.39, 0.29) is 0 Å². The standard InChI is InChI=1S/C22H21N/c1-14-12-13-19-20-15(2)10-11-16(3)21(20)23(22(19)17(14)4)18-8-6-5-7-9-18/h5-13H,1-4H3. The highest BCUT2D eigenvalue weighted by molar-refractivity contribution is 6.12. The van der Waals surface area contributed by atoms with Gasteiger partial charge in [-0.25, -0.2) is 0 Å². The van der Waals surface area contributed by atoms with Gasteiger partial charge in [0.1, 0.15) is 0 Å². The number of fused-ring (bicyclic) bond motifs is 3. The first-order valence-electron chi connectivity index (χ1n) is 8.15. The lowest BCUT2D eigenvalue weighted by Crippen LogP contribution is -1.97. The summed E-state index contributed by atoms with van der Waals surface area (Å²) in [4.78, 5) is 0. The Morgan fingerprint density at radius 1 is 0.609 bits per heavy atom. The molecule has 0 saturated heterocycles. The Bertz CT molecular complexity index is 1040. The van der Waals surface area contributed by atoms with Gasteiger partial charge in [0.05, 0.1) is 11.0 Å². The maximum absolute atomic E-state index is 2.44. The van der Waals surface area contributed by atoms with Gasteiger partial charge >= 0.3 is 0 Å². The quantitative estimate of drug-likeness (QED) is 0.405. The smallest absolute Gasteiger partial charge is 0.0573 e. The molecule has 1 aromatic heterocycles. The maximum atomic E-state index is 2.44. The number of nitrogens with zero attached hydrogens (tertiary/aromatic N) is 1. The summed E-state index contributed by atoms with van der Waals surface area (Å²) in [6, 6.07) is 19.7. The zero-order valence-electron chi connectivity index (χ0n) is 14.1. The van der Waals surface area contributed by atoms with E-state index in [2.05, 4.69) is 86.9 Å². The zero-order chi connectivity index (χ0) is 16.1. The first kappa shape index (κ1) is 14.1. The molecule has 23 heavy (non-hydrogen) atoms. The van der Waals surface area contributed by atoms with E-state index in [4.69, 9.17) is 0 Å². The Hall–Kier alpha value is -2.54. The third-order valence-electron chi connectivity index (χ3n) is 5.02. The van der Waals surface area contributed by atoms with Crippen LogP contribution >= 0.6 is 0 Å². The number of benzene rings is 3. The molecule has 0 aliphatic heterocycles. The highest BCUT2D eigenvalue weighted by Gasteiger charge is 2.17. The van der Waals surface area contributed by atoms with Crippen LogP contribution in [0.15, 0.2) is 54.6 Å². The van der Waals surface area contributed by atoms with Crippen LogP contribution in [0.25, 0.3) is 27.5 Å². The van der Waals surface area contributed by atoms with Gasteiger partial charge in [0.2, 0.25) is 0 Å². The fraction of sp³-hybridized carbons (Fsp3) is 0.182. The van der Waals surface area contributed by atoms with Crippen molar-refractivity contribution in [3.05, 3.63) is 76.9 Å². The third-order valence-corrected chi connectivity index (χ3v) is 5.02. The minimum absolute atomic E-state index is 1.23. The van der Waals surface area contributed by atoms with Crippen molar-refractivity contribution >= 4 is 21.8 Å². The number of hydrogen-bond donors (Lipinski definition) is 0. The van der Waals surface area contributed by atoms with Gasteiger partial charge in [-0.2, -0.15) is 0 Å². The molecule has 1 heterocycles.